The highest BCUT2D eigenvalue weighted by Gasteiger charge is 2.22. The normalized spacial score (nSPS) is 14.6. The molecule has 4 aromatic rings. The minimum absolute atomic E-state index is 0.181. The molecule has 0 spiro atoms. The summed E-state index contributed by atoms with van der Waals surface area (Å²) in [6, 6.07) is 15.4. The molecule has 8 heteroatoms. The average molecular weight is 471 g/mol. The van der Waals surface area contributed by atoms with E-state index in [4.69, 9.17) is 15.8 Å². The Bertz CT molecular complexity index is 1400. The molecule has 0 aliphatic carbocycles. The van der Waals surface area contributed by atoms with Crippen LogP contribution in [0.25, 0.3) is 16.6 Å². The largest absolute Gasteiger partial charge is 0.366 e. The van der Waals surface area contributed by atoms with Crippen LogP contribution in [-0.4, -0.2) is 62.4 Å². The van der Waals surface area contributed by atoms with E-state index >= 15 is 0 Å². The van der Waals surface area contributed by atoms with E-state index in [1.54, 1.807) is 12.1 Å². The Morgan fingerprint density at radius 3 is 2.40 bits per heavy atom. The third kappa shape index (κ3) is 4.61. The van der Waals surface area contributed by atoms with Gasteiger partial charge in [-0.25, -0.2) is 9.50 Å². The van der Waals surface area contributed by atoms with Crippen molar-refractivity contribution >= 4 is 28.4 Å². The summed E-state index contributed by atoms with van der Waals surface area (Å²) in [6.45, 7) is 7.97. The second-order valence-corrected chi connectivity index (χ2v) is 9.23. The van der Waals surface area contributed by atoms with Crippen LogP contribution in [0.4, 0.5) is 0 Å². The monoisotopic (exact) mass is 470 g/mol. The third-order valence-corrected chi connectivity index (χ3v) is 6.98. The van der Waals surface area contributed by atoms with Gasteiger partial charge in [-0.3, -0.25) is 14.5 Å². The lowest BCUT2D eigenvalue weighted by Gasteiger charge is -2.35. The van der Waals surface area contributed by atoms with Crippen molar-refractivity contribution in [1.29, 1.82) is 0 Å². The van der Waals surface area contributed by atoms with Crippen molar-refractivity contribution in [3.63, 3.8) is 0 Å². The lowest BCUT2D eigenvalue weighted by atomic mass is 10.1. The van der Waals surface area contributed by atoms with Gasteiger partial charge >= 0.3 is 0 Å². The highest BCUT2D eigenvalue weighted by atomic mass is 16.2. The quantitative estimate of drug-likeness (QED) is 0.467. The Labute approximate surface area is 204 Å². The van der Waals surface area contributed by atoms with E-state index in [1.165, 1.54) is 0 Å². The Morgan fingerprint density at radius 1 is 0.971 bits per heavy atom. The Morgan fingerprint density at radius 2 is 1.69 bits per heavy atom. The number of carbonyl (C=O) groups excluding carboxylic acids is 2. The summed E-state index contributed by atoms with van der Waals surface area (Å²) in [6.07, 6.45) is 1.12. The van der Waals surface area contributed by atoms with Crippen molar-refractivity contribution in [3.8, 4) is 0 Å². The molecule has 2 aromatic heterocycles. The van der Waals surface area contributed by atoms with Crippen molar-refractivity contribution in [3.05, 3.63) is 76.6 Å². The molecule has 0 saturated carbocycles. The molecular formula is C27H30N6O2. The zero-order chi connectivity index (χ0) is 24.5. The minimum Gasteiger partial charge on any atom is -0.366 e. The number of fused-ring (bicyclic) bond motifs is 3. The van der Waals surface area contributed by atoms with Crippen LogP contribution >= 0.6 is 0 Å². The van der Waals surface area contributed by atoms with Gasteiger partial charge in [-0.15, -0.1) is 0 Å². The third-order valence-electron chi connectivity index (χ3n) is 6.98. The van der Waals surface area contributed by atoms with Crippen LogP contribution in [0.15, 0.2) is 48.5 Å². The van der Waals surface area contributed by atoms with E-state index in [0.29, 0.717) is 18.4 Å². The second-order valence-electron chi connectivity index (χ2n) is 9.23. The summed E-state index contributed by atoms with van der Waals surface area (Å²) in [5, 5.41) is 5.76. The predicted molar refractivity (Wildman–Crippen MR) is 135 cm³/mol. The average Bonchev–Trinajstić information content (AvgIpc) is 3.23. The molecule has 2 aromatic carbocycles. The first-order valence-electron chi connectivity index (χ1n) is 12.0. The van der Waals surface area contributed by atoms with E-state index in [0.717, 1.165) is 71.8 Å². The number of hydrogen-bond acceptors (Lipinski definition) is 5. The minimum atomic E-state index is -0.414. The molecule has 0 atom stereocenters. The van der Waals surface area contributed by atoms with Crippen molar-refractivity contribution in [2.24, 2.45) is 5.73 Å². The number of primary amides is 1. The van der Waals surface area contributed by atoms with Crippen LogP contribution in [0, 0.1) is 13.8 Å². The lowest BCUT2D eigenvalue weighted by molar-refractivity contribution is -0.133. The van der Waals surface area contributed by atoms with Gasteiger partial charge in [-0.05, 0) is 55.7 Å². The smallest absolute Gasteiger partial charge is 0.248 e. The van der Waals surface area contributed by atoms with Gasteiger partial charge in [0, 0.05) is 61.5 Å². The van der Waals surface area contributed by atoms with Gasteiger partial charge < -0.3 is 10.6 Å². The van der Waals surface area contributed by atoms with Crippen molar-refractivity contribution in [2.75, 3.05) is 26.2 Å². The maximum Gasteiger partial charge on any atom is 0.248 e. The number of hydrogen-bond donors (Lipinski definition) is 1. The zero-order valence-electron chi connectivity index (χ0n) is 20.2. The fourth-order valence-electron chi connectivity index (χ4n) is 4.92. The predicted octanol–water partition coefficient (Wildman–Crippen LogP) is 2.88. The van der Waals surface area contributed by atoms with Gasteiger partial charge in [-0.2, -0.15) is 5.10 Å². The maximum atomic E-state index is 13.0. The summed E-state index contributed by atoms with van der Waals surface area (Å²) in [7, 11) is 0. The van der Waals surface area contributed by atoms with Gasteiger partial charge in [0.2, 0.25) is 11.8 Å². The number of benzene rings is 2. The molecule has 8 nitrogen and oxygen atoms in total. The maximum absolute atomic E-state index is 13.0. The summed E-state index contributed by atoms with van der Waals surface area (Å²) >= 11 is 0. The van der Waals surface area contributed by atoms with E-state index in [-0.39, 0.29) is 5.91 Å². The molecule has 2 N–H and O–H groups in total. The summed E-state index contributed by atoms with van der Waals surface area (Å²) in [5.41, 5.74) is 11.9. The number of rotatable bonds is 6. The molecular weight excluding hydrogens is 440 g/mol. The molecule has 180 valence electrons. The van der Waals surface area contributed by atoms with Gasteiger partial charge in [0.1, 0.15) is 0 Å². The number of carbonyl (C=O) groups is 2. The van der Waals surface area contributed by atoms with Crippen molar-refractivity contribution in [2.45, 2.75) is 33.2 Å². The zero-order valence-corrected chi connectivity index (χ0v) is 20.2. The molecule has 5 rings (SSSR count). The summed E-state index contributed by atoms with van der Waals surface area (Å²) in [5.74, 6) is -0.234. The molecule has 35 heavy (non-hydrogen) atoms. The Hall–Kier alpha value is -3.78. The molecule has 1 fully saturated rings. The summed E-state index contributed by atoms with van der Waals surface area (Å²) in [4.78, 5) is 33.3. The van der Waals surface area contributed by atoms with Crippen molar-refractivity contribution < 1.29 is 9.59 Å². The molecule has 0 radical (unpaired) electrons. The number of aromatic nitrogens is 3. The first kappa shape index (κ1) is 23.0. The lowest BCUT2D eigenvalue weighted by Crippen LogP contribution is -2.48. The van der Waals surface area contributed by atoms with Crippen LogP contribution in [0.2, 0.25) is 0 Å². The van der Waals surface area contributed by atoms with Crippen LogP contribution in [0.5, 0.6) is 0 Å². The molecule has 2 amide bonds. The number of piperazine rings is 1. The summed E-state index contributed by atoms with van der Waals surface area (Å²) < 4.78 is 1.91. The van der Waals surface area contributed by atoms with Crippen LogP contribution in [0.1, 0.15) is 39.3 Å². The topological polar surface area (TPSA) is 96.8 Å². The van der Waals surface area contributed by atoms with E-state index in [9.17, 15) is 9.59 Å². The van der Waals surface area contributed by atoms with Crippen LogP contribution < -0.4 is 5.73 Å². The van der Waals surface area contributed by atoms with Crippen LogP contribution in [0.3, 0.4) is 0 Å². The fourth-order valence-corrected chi connectivity index (χ4v) is 4.92. The van der Waals surface area contributed by atoms with E-state index < -0.39 is 5.91 Å². The van der Waals surface area contributed by atoms with E-state index in [2.05, 4.69) is 11.8 Å². The standard InChI is InChI=1S/C27H30N6O2/c1-18-22(19(2)33-27(29-18)23-5-3-4-6-24(23)30-33)11-12-25(34)32-15-13-31(14-16-32)17-20-7-9-21(10-8-20)26(28)35/h3-10H,11-17H2,1-2H3,(H2,28,35). The molecule has 3 heterocycles. The van der Waals surface area contributed by atoms with Gasteiger partial charge in [0.05, 0.1) is 5.52 Å². The van der Waals surface area contributed by atoms with E-state index in [1.807, 2.05) is 52.7 Å². The van der Waals surface area contributed by atoms with Crippen molar-refractivity contribution in [1.82, 2.24) is 24.4 Å². The van der Waals surface area contributed by atoms with Gasteiger partial charge in [0.15, 0.2) is 5.65 Å². The van der Waals surface area contributed by atoms with Gasteiger partial charge in [0.25, 0.3) is 0 Å². The number of aryl methyl sites for hydroxylation is 2. The number of nitrogens with zero attached hydrogens (tertiary/aromatic N) is 5. The Kier molecular flexibility index (Phi) is 6.21. The highest BCUT2D eigenvalue weighted by Crippen LogP contribution is 2.23. The Balaban J connectivity index is 1.19. The molecule has 0 bridgehead atoms. The van der Waals surface area contributed by atoms with Crippen LogP contribution in [-0.2, 0) is 17.8 Å². The molecule has 1 aliphatic rings. The molecule has 1 saturated heterocycles. The first-order chi connectivity index (χ1) is 16.9. The molecule has 1 aliphatic heterocycles. The second kappa shape index (κ2) is 9.46. The van der Waals surface area contributed by atoms with Gasteiger partial charge in [-0.1, -0.05) is 24.3 Å². The highest BCUT2D eigenvalue weighted by molar-refractivity contribution is 5.93. The number of amides is 2. The number of nitrogens with two attached hydrogens (primary N) is 1. The fraction of sp³-hybridized carbons (Fsp3) is 0.333. The SMILES string of the molecule is Cc1nc2c3ccccc3nn2c(C)c1CCC(=O)N1CCN(Cc2ccc(C(N)=O)cc2)CC1. The first-order valence-corrected chi connectivity index (χ1v) is 12.0. The molecule has 0 unspecified atom stereocenters.